The molecule has 0 aliphatic carbocycles. The van der Waals surface area contributed by atoms with Crippen LogP contribution in [0, 0.1) is 5.82 Å². The molecule has 23 heavy (non-hydrogen) atoms. The van der Waals surface area contributed by atoms with Gasteiger partial charge in [0.15, 0.2) is 5.76 Å². The largest absolute Gasteiger partial charge is 0.492 e. The summed E-state index contributed by atoms with van der Waals surface area (Å²) in [4.78, 5) is 22.9. The highest BCUT2D eigenvalue weighted by molar-refractivity contribution is 5.96. The molecule has 0 atom stereocenters. The zero-order valence-corrected chi connectivity index (χ0v) is 12.5. The maximum absolute atomic E-state index is 12.7. The lowest BCUT2D eigenvalue weighted by Gasteiger charge is -2.06. The van der Waals surface area contributed by atoms with Crippen LogP contribution in [-0.2, 0) is 6.42 Å². The second-order valence-electron chi connectivity index (χ2n) is 4.66. The van der Waals surface area contributed by atoms with Gasteiger partial charge in [-0.05, 0) is 24.3 Å². The van der Waals surface area contributed by atoms with E-state index in [1.54, 1.807) is 6.92 Å². The molecule has 0 saturated heterocycles. The average Bonchev–Trinajstić information content (AvgIpc) is 2.97. The molecule has 1 aromatic carbocycles. The van der Waals surface area contributed by atoms with Gasteiger partial charge in [0.1, 0.15) is 29.5 Å². The molecule has 1 heterocycles. The van der Waals surface area contributed by atoms with Gasteiger partial charge in [-0.1, -0.05) is 6.92 Å². The molecule has 1 aromatic heterocycles. The van der Waals surface area contributed by atoms with Crippen molar-refractivity contribution < 1.29 is 28.2 Å². The molecule has 0 fully saturated rings. The number of amides is 1. The van der Waals surface area contributed by atoms with Crippen molar-refractivity contribution in [3.63, 3.8) is 0 Å². The quantitative estimate of drug-likeness (QED) is 0.765. The van der Waals surface area contributed by atoms with Crippen molar-refractivity contribution in [1.82, 2.24) is 5.32 Å². The van der Waals surface area contributed by atoms with Gasteiger partial charge in [0.05, 0.1) is 6.54 Å². The number of hydrogen-bond acceptors (Lipinski definition) is 4. The van der Waals surface area contributed by atoms with Gasteiger partial charge >= 0.3 is 5.97 Å². The maximum atomic E-state index is 12.7. The fourth-order valence-corrected chi connectivity index (χ4v) is 1.94. The predicted octanol–water partition coefficient (Wildman–Crippen LogP) is 2.49. The first kappa shape index (κ1) is 16.5. The lowest BCUT2D eigenvalue weighted by molar-refractivity contribution is 0.0694. The fraction of sp³-hybridized carbons (Fsp3) is 0.250. The molecule has 2 rings (SSSR count). The van der Waals surface area contributed by atoms with E-state index in [-0.39, 0.29) is 36.1 Å². The smallest absolute Gasteiger partial charge is 0.339 e. The van der Waals surface area contributed by atoms with Gasteiger partial charge in [0, 0.05) is 12.5 Å². The van der Waals surface area contributed by atoms with Crippen LogP contribution in [0.15, 0.2) is 34.7 Å². The molecule has 0 bridgehead atoms. The molecule has 0 radical (unpaired) electrons. The maximum Gasteiger partial charge on any atom is 0.339 e. The van der Waals surface area contributed by atoms with Crippen LogP contribution >= 0.6 is 0 Å². The number of carboxylic acid groups (broad SMARTS) is 1. The number of aryl methyl sites for hydroxylation is 1. The standard InChI is InChI=1S/C16H16FNO5/c1-2-13-12(16(20)21)9-14(23-13)15(19)18-7-8-22-11-5-3-10(17)4-6-11/h3-6,9H,2,7-8H2,1H3,(H,18,19)(H,20,21). The van der Waals surface area contributed by atoms with Crippen LogP contribution in [0.4, 0.5) is 4.39 Å². The highest BCUT2D eigenvalue weighted by atomic mass is 19.1. The topological polar surface area (TPSA) is 88.8 Å². The van der Waals surface area contributed by atoms with Crippen molar-refractivity contribution >= 4 is 11.9 Å². The second kappa shape index (κ2) is 7.44. The molecule has 2 aromatic rings. The number of aromatic carboxylic acids is 1. The van der Waals surface area contributed by atoms with E-state index in [2.05, 4.69) is 5.32 Å². The summed E-state index contributed by atoms with van der Waals surface area (Å²) in [6, 6.07) is 6.72. The molecule has 6 nitrogen and oxygen atoms in total. The summed E-state index contributed by atoms with van der Waals surface area (Å²) >= 11 is 0. The third-order valence-corrected chi connectivity index (χ3v) is 3.05. The van der Waals surface area contributed by atoms with E-state index in [4.69, 9.17) is 14.3 Å². The van der Waals surface area contributed by atoms with Gasteiger partial charge in [-0.15, -0.1) is 0 Å². The van der Waals surface area contributed by atoms with Crippen LogP contribution in [0.2, 0.25) is 0 Å². The minimum absolute atomic E-state index is 0.0137. The van der Waals surface area contributed by atoms with E-state index in [9.17, 15) is 14.0 Å². The zero-order chi connectivity index (χ0) is 16.8. The Hall–Kier alpha value is -2.83. The van der Waals surface area contributed by atoms with Gasteiger partial charge in [-0.2, -0.15) is 0 Å². The summed E-state index contributed by atoms with van der Waals surface area (Å²) in [6.45, 7) is 2.12. The Morgan fingerprint density at radius 1 is 1.30 bits per heavy atom. The minimum Gasteiger partial charge on any atom is -0.492 e. The summed E-state index contributed by atoms with van der Waals surface area (Å²) in [5.41, 5.74) is -0.0137. The van der Waals surface area contributed by atoms with Gasteiger partial charge in [0.2, 0.25) is 0 Å². The number of benzene rings is 1. The minimum atomic E-state index is -1.13. The molecule has 0 unspecified atom stereocenters. The fourth-order valence-electron chi connectivity index (χ4n) is 1.94. The first-order chi connectivity index (χ1) is 11.0. The van der Waals surface area contributed by atoms with Gasteiger partial charge in [-0.3, -0.25) is 4.79 Å². The van der Waals surface area contributed by atoms with E-state index >= 15 is 0 Å². The number of furan rings is 1. The van der Waals surface area contributed by atoms with Crippen molar-refractivity contribution in [2.75, 3.05) is 13.2 Å². The number of carbonyl (C=O) groups excluding carboxylic acids is 1. The SMILES string of the molecule is CCc1oc(C(=O)NCCOc2ccc(F)cc2)cc1C(=O)O. The lowest BCUT2D eigenvalue weighted by Crippen LogP contribution is -2.27. The molecule has 2 N–H and O–H groups in total. The summed E-state index contributed by atoms with van der Waals surface area (Å²) < 4.78 is 23.3. The first-order valence-electron chi connectivity index (χ1n) is 7.03. The number of nitrogens with one attached hydrogen (secondary N) is 1. The summed E-state index contributed by atoms with van der Waals surface area (Å²) in [5, 5.41) is 11.6. The Labute approximate surface area is 131 Å². The Bertz CT molecular complexity index is 693. The van der Waals surface area contributed by atoms with E-state index in [0.29, 0.717) is 12.2 Å². The monoisotopic (exact) mass is 321 g/mol. The molecular weight excluding hydrogens is 305 g/mol. The van der Waals surface area contributed by atoms with Crippen molar-refractivity contribution in [2.45, 2.75) is 13.3 Å². The van der Waals surface area contributed by atoms with E-state index < -0.39 is 11.9 Å². The van der Waals surface area contributed by atoms with Crippen LogP contribution in [0.5, 0.6) is 5.75 Å². The highest BCUT2D eigenvalue weighted by Gasteiger charge is 2.19. The van der Waals surface area contributed by atoms with Gasteiger partial charge < -0.3 is 19.6 Å². The number of halogens is 1. The predicted molar refractivity (Wildman–Crippen MR) is 79.3 cm³/mol. The molecule has 0 aliphatic heterocycles. The molecular formula is C16H16FNO5. The Morgan fingerprint density at radius 3 is 2.57 bits per heavy atom. The zero-order valence-electron chi connectivity index (χ0n) is 12.5. The van der Waals surface area contributed by atoms with E-state index in [1.165, 1.54) is 30.3 Å². The van der Waals surface area contributed by atoms with Crippen molar-refractivity contribution in [3.05, 3.63) is 53.2 Å². The highest BCUT2D eigenvalue weighted by Crippen LogP contribution is 2.16. The van der Waals surface area contributed by atoms with Crippen molar-refractivity contribution in [2.24, 2.45) is 0 Å². The van der Waals surface area contributed by atoms with Crippen LogP contribution < -0.4 is 10.1 Å². The number of carboxylic acids is 1. The molecule has 0 spiro atoms. The van der Waals surface area contributed by atoms with Crippen molar-refractivity contribution in [1.29, 1.82) is 0 Å². The molecule has 0 aliphatic rings. The number of rotatable bonds is 7. The van der Waals surface area contributed by atoms with Gasteiger partial charge in [-0.25, -0.2) is 9.18 Å². The summed E-state index contributed by atoms with van der Waals surface area (Å²) in [7, 11) is 0. The summed E-state index contributed by atoms with van der Waals surface area (Å²) in [6.07, 6.45) is 0.378. The van der Waals surface area contributed by atoms with Crippen LogP contribution in [0.1, 0.15) is 33.6 Å². The van der Waals surface area contributed by atoms with E-state index in [0.717, 1.165) is 0 Å². The Balaban J connectivity index is 1.85. The van der Waals surface area contributed by atoms with Crippen LogP contribution in [-0.4, -0.2) is 30.1 Å². The van der Waals surface area contributed by atoms with E-state index in [1.807, 2.05) is 0 Å². The lowest BCUT2D eigenvalue weighted by atomic mass is 10.2. The third kappa shape index (κ3) is 4.32. The molecule has 122 valence electrons. The Morgan fingerprint density at radius 2 is 2.00 bits per heavy atom. The van der Waals surface area contributed by atoms with Gasteiger partial charge in [0.25, 0.3) is 5.91 Å². The first-order valence-corrected chi connectivity index (χ1v) is 7.03. The molecule has 1 amide bonds. The summed E-state index contributed by atoms with van der Waals surface area (Å²) in [5.74, 6) is -1.32. The number of ether oxygens (including phenoxy) is 1. The normalized spacial score (nSPS) is 10.3. The third-order valence-electron chi connectivity index (χ3n) is 3.05. The van der Waals surface area contributed by atoms with Crippen molar-refractivity contribution in [3.8, 4) is 5.75 Å². The average molecular weight is 321 g/mol. The molecule has 7 heteroatoms. The molecule has 0 saturated carbocycles. The second-order valence-corrected chi connectivity index (χ2v) is 4.66. The Kier molecular flexibility index (Phi) is 5.35. The van der Waals surface area contributed by atoms with Crippen LogP contribution in [0.3, 0.4) is 0 Å². The number of carbonyl (C=O) groups is 2. The number of hydrogen-bond donors (Lipinski definition) is 2. The van der Waals surface area contributed by atoms with Crippen LogP contribution in [0.25, 0.3) is 0 Å².